The third-order valence-corrected chi connectivity index (χ3v) is 5.33. The van der Waals surface area contributed by atoms with Crippen molar-refractivity contribution >= 4 is 22.5 Å². The van der Waals surface area contributed by atoms with Gasteiger partial charge in [0.1, 0.15) is 5.75 Å². The predicted molar refractivity (Wildman–Crippen MR) is 108 cm³/mol. The molecule has 1 N–H and O–H groups in total. The number of alkyl halides is 6. The Morgan fingerprint density at radius 3 is 2.42 bits per heavy atom. The van der Waals surface area contributed by atoms with Crippen molar-refractivity contribution in [2.75, 3.05) is 31.7 Å². The van der Waals surface area contributed by atoms with Gasteiger partial charge in [-0.2, -0.15) is 13.2 Å². The first-order chi connectivity index (χ1) is 15.4. The number of fused-ring (bicyclic) bond motifs is 1. The molecule has 182 valence electrons. The van der Waals surface area contributed by atoms with Crippen LogP contribution in [-0.4, -0.2) is 56.3 Å². The zero-order chi connectivity index (χ0) is 24.4. The summed E-state index contributed by atoms with van der Waals surface area (Å²) in [4.78, 5) is 18.3. The highest BCUT2D eigenvalue weighted by Gasteiger charge is 2.41. The van der Waals surface area contributed by atoms with Gasteiger partial charge in [0, 0.05) is 43.9 Å². The van der Waals surface area contributed by atoms with Gasteiger partial charge in [-0.05, 0) is 31.9 Å². The number of carbonyl (C=O) groups excluding carboxylic acids is 1. The Bertz CT molecular complexity index is 988. The minimum absolute atomic E-state index is 0.00675. The normalized spacial score (nSPS) is 16.7. The fourth-order valence-corrected chi connectivity index (χ4v) is 3.81. The Kier molecular flexibility index (Phi) is 7.25. The van der Waals surface area contributed by atoms with Crippen LogP contribution in [0.2, 0.25) is 0 Å². The molecule has 12 heteroatoms. The maximum absolute atomic E-state index is 13.0. The van der Waals surface area contributed by atoms with Crippen molar-refractivity contribution in [1.82, 2.24) is 10.3 Å². The monoisotopic (exact) mass is 479 g/mol. The molecule has 0 spiro atoms. The molecule has 1 aromatic carbocycles. The van der Waals surface area contributed by atoms with Crippen LogP contribution in [0.1, 0.15) is 30.1 Å². The van der Waals surface area contributed by atoms with Crippen molar-refractivity contribution in [1.29, 1.82) is 0 Å². The number of ether oxygens (including phenoxy) is 2. The van der Waals surface area contributed by atoms with E-state index in [1.165, 1.54) is 19.4 Å². The van der Waals surface area contributed by atoms with Gasteiger partial charge in [0.15, 0.2) is 0 Å². The number of nitrogens with zero attached hydrogens (tertiary/aromatic N) is 2. The molecule has 0 radical (unpaired) electrons. The SMILES string of the molecule is COC[C@H](C)NC(=O)c1cnc2c(N3CCC(C(F)(F)F)CC3)cc(OC(F)(F)F)cc2c1. The third-order valence-electron chi connectivity index (χ3n) is 5.33. The molecule has 0 unspecified atom stereocenters. The molecule has 3 rings (SSSR count). The number of rotatable bonds is 6. The van der Waals surface area contributed by atoms with Gasteiger partial charge in [-0.3, -0.25) is 9.78 Å². The fourth-order valence-electron chi connectivity index (χ4n) is 3.81. The van der Waals surface area contributed by atoms with Gasteiger partial charge in [0.25, 0.3) is 5.91 Å². The Balaban J connectivity index is 1.95. The van der Waals surface area contributed by atoms with Crippen molar-refractivity contribution in [2.45, 2.75) is 38.3 Å². The second-order valence-electron chi connectivity index (χ2n) is 7.92. The van der Waals surface area contributed by atoms with Crippen LogP contribution in [0.3, 0.4) is 0 Å². The molecule has 1 atom stereocenters. The summed E-state index contributed by atoms with van der Waals surface area (Å²) in [6.07, 6.45) is -8.39. The van der Waals surface area contributed by atoms with Gasteiger partial charge in [0.05, 0.1) is 29.3 Å². The number of carbonyl (C=O) groups is 1. The van der Waals surface area contributed by atoms with E-state index in [-0.39, 0.29) is 60.7 Å². The average Bonchev–Trinajstić information content (AvgIpc) is 2.71. The predicted octanol–water partition coefficient (Wildman–Crippen LogP) is 4.68. The van der Waals surface area contributed by atoms with E-state index in [1.54, 1.807) is 11.8 Å². The van der Waals surface area contributed by atoms with Crippen molar-refractivity contribution in [3.8, 4) is 5.75 Å². The average molecular weight is 479 g/mol. The molecule has 1 aliphatic rings. The number of piperidine rings is 1. The molecule has 0 saturated carbocycles. The number of halogens is 6. The second kappa shape index (κ2) is 9.62. The van der Waals surface area contributed by atoms with Crippen molar-refractivity contribution in [2.24, 2.45) is 5.92 Å². The fraction of sp³-hybridized carbons (Fsp3) is 0.524. The molecule has 1 amide bonds. The molecule has 0 aliphatic carbocycles. The second-order valence-corrected chi connectivity index (χ2v) is 7.92. The molecule has 2 aromatic rings. The summed E-state index contributed by atoms with van der Waals surface area (Å²) in [5.41, 5.74) is 0.583. The number of amides is 1. The minimum Gasteiger partial charge on any atom is -0.406 e. The topological polar surface area (TPSA) is 63.7 Å². The van der Waals surface area contributed by atoms with Crippen LogP contribution in [-0.2, 0) is 4.74 Å². The zero-order valence-electron chi connectivity index (χ0n) is 17.9. The standard InChI is InChI=1S/C21H23F6N3O3/c1-12(11-32-2)29-19(31)14-7-13-8-16(33-21(25,26)27)9-17(18(13)28-10-14)30-5-3-15(4-6-30)20(22,23)24/h7-10,12,15H,3-6,11H2,1-2H3,(H,29,31)/t12-/m0/s1. The van der Waals surface area contributed by atoms with Crippen LogP contribution >= 0.6 is 0 Å². The number of pyridine rings is 1. The summed E-state index contributed by atoms with van der Waals surface area (Å²) in [5.74, 6) is -2.51. The van der Waals surface area contributed by atoms with Gasteiger partial charge >= 0.3 is 12.5 Å². The molecule has 1 fully saturated rings. The molecule has 0 bridgehead atoms. The highest BCUT2D eigenvalue weighted by atomic mass is 19.4. The Hall–Kier alpha value is -2.76. The van der Waals surface area contributed by atoms with Crippen LogP contribution in [0.5, 0.6) is 5.75 Å². The number of benzene rings is 1. The van der Waals surface area contributed by atoms with Crippen LogP contribution in [0.4, 0.5) is 32.0 Å². The van der Waals surface area contributed by atoms with Gasteiger partial charge in [-0.15, -0.1) is 13.2 Å². The number of methoxy groups -OCH3 is 1. The van der Waals surface area contributed by atoms with Crippen molar-refractivity contribution < 1.29 is 40.6 Å². The first kappa shape index (κ1) is 24.9. The largest absolute Gasteiger partial charge is 0.573 e. The van der Waals surface area contributed by atoms with Crippen LogP contribution < -0.4 is 15.0 Å². The highest BCUT2D eigenvalue weighted by molar-refractivity contribution is 6.00. The number of hydrogen-bond donors (Lipinski definition) is 1. The maximum atomic E-state index is 13.0. The summed E-state index contributed by atoms with van der Waals surface area (Å²) < 4.78 is 86.7. The first-order valence-corrected chi connectivity index (χ1v) is 10.2. The summed E-state index contributed by atoms with van der Waals surface area (Å²) in [6.45, 7) is 1.96. The van der Waals surface area contributed by atoms with E-state index in [4.69, 9.17) is 4.74 Å². The van der Waals surface area contributed by atoms with E-state index < -0.39 is 30.1 Å². The quantitative estimate of drug-likeness (QED) is 0.610. The number of aromatic nitrogens is 1. The molecular weight excluding hydrogens is 456 g/mol. The third kappa shape index (κ3) is 6.40. The molecule has 1 aliphatic heterocycles. The van der Waals surface area contributed by atoms with E-state index in [9.17, 15) is 31.1 Å². The summed E-state index contributed by atoms with van der Waals surface area (Å²) in [6, 6.07) is 3.25. The van der Waals surface area contributed by atoms with E-state index >= 15 is 0 Å². The molecule has 33 heavy (non-hydrogen) atoms. The Labute approximate surface area is 185 Å². The number of hydrogen-bond acceptors (Lipinski definition) is 5. The summed E-state index contributed by atoms with van der Waals surface area (Å²) in [5, 5.41) is 2.87. The van der Waals surface area contributed by atoms with E-state index in [0.29, 0.717) is 0 Å². The number of nitrogens with one attached hydrogen (secondary N) is 1. The van der Waals surface area contributed by atoms with Gasteiger partial charge in [-0.1, -0.05) is 0 Å². The molecule has 6 nitrogen and oxygen atoms in total. The Morgan fingerprint density at radius 2 is 1.85 bits per heavy atom. The lowest BCUT2D eigenvalue weighted by atomic mass is 9.95. The summed E-state index contributed by atoms with van der Waals surface area (Å²) >= 11 is 0. The van der Waals surface area contributed by atoms with E-state index in [1.807, 2.05) is 0 Å². The van der Waals surface area contributed by atoms with Crippen LogP contribution in [0.25, 0.3) is 10.9 Å². The number of anilines is 1. The lowest BCUT2D eigenvalue weighted by molar-refractivity contribution is -0.274. The van der Waals surface area contributed by atoms with Gasteiger partial charge < -0.3 is 19.7 Å². The molecule has 2 heterocycles. The van der Waals surface area contributed by atoms with Crippen molar-refractivity contribution in [3.05, 3.63) is 30.0 Å². The molecule has 1 aromatic heterocycles. The van der Waals surface area contributed by atoms with Crippen LogP contribution in [0, 0.1) is 5.92 Å². The lowest BCUT2D eigenvalue weighted by Gasteiger charge is -2.35. The van der Waals surface area contributed by atoms with Gasteiger partial charge in [0.2, 0.25) is 0 Å². The maximum Gasteiger partial charge on any atom is 0.573 e. The van der Waals surface area contributed by atoms with E-state index in [0.717, 1.165) is 12.1 Å². The highest BCUT2D eigenvalue weighted by Crippen LogP contribution is 2.39. The minimum atomic E-state index is -4.97. The molecule has 1 saturated heterocycles. The first-order valence-electron chi connectivity index (χ1n) is 10.2. The van der Waals surface area contributed by atoms with Crippen LogP contribution in [0.15, 0.2) is 24.4 Å². The van der Waals surface area contributed by atoms with Crippen molar-refractivity contribution in [3.63, 3.8) is 0 Å². The lowest BCUT2D eigenvalue weighted by Crippen LogP contribution is -2.39. The molecular formula is C21H23F6N3O3. The summed E-state index contributed by atoms with van der Waals surface area (Å²) in [7, 11) is 1.47. The van der Waals surface area contributed by atoms with Gasteiger partial charge in [-0.25, -0.2) is 0 Å². The Morgan fingerprint density at radius 1 is 1.18 bits per heavy atom. The smallest absolute Gasteiger partial charge is 0.406 e. The zero-order valence-corrected chi connectivity index (χ0v) is 17.9. The van der Waals surface area contributed by atoms with E-state index in [2.05, 4.69) is 15.0 Å².